The zero-order chi connectivity index (χ0) is 22.2. The molecule has 0 bridgehead atoms. The molecule has 0 aromatic heterocycles. The first-order chi connectivity index (χ1) is 14.9. The second kappa shape index (κ2) is 8.57. The van der Waals surface area contributed by atoms with Gasteiger partial charge in [-0.05, 0) is 49.9 Å². The van der Waals surface area contributed by atoms with Gasteiger partial charge in [0.1, 0.15) is 9.93 Å². The van der Waals surface area contributed by atoms with E-state index >= 15 is 0 Å². The molecule has 0 radical (unpaired) electrons. The first-order valence-corrected chi connectivity index (χ1v) is 12.7. The molecular weight excluding hydrogens is 450 g/mol. The average Bonchev–Trinajstić information content (AvgIpc) is 3.26. The van der Waals surface area contributed by atoms with Gasteiger partial charge in [-0.15, -0.1) is 11.0 Å². The van der Waals surface area contributed by atoms with Gasteiger partial charge in [-0.1, -0.05) is 47.7 Å². The number of para-hydroxylation sites is 1. The first kappa shape index (κ1) is 21.7. The summed E-state index contributed by atoms with van der Waals surface area (Å²) < 4.78 is 29.8. The van der Waals surface area contributed by atoms with Crippen molar-refractivity contribution in [3.05, 3.63) is 76.7 Å². The molecule has 1 fully saturated rings. The summed E-state index contributed by atoms with van der Waals surface area (Å²) in [6.45, 7) is 8.47. The predicted octanol–water partition coefficient (Wildman–Crippen LogP) is 4.60. The Morgan fingerprint density at radius 3 is 2.45 bits per heavy atom. The Labute approximate surface area is 190 Å². The van der Waals surface area contributed by atoms with Crippen LogP contribution in [-0.2, 0) is 14.8 Å². The summed E-state index contributed by atoms with van der Waals surface area (Å²) in [4.78, 5) is 18.3. The molecule has 0 atom stereocenters. The number of carbonyl (C=O) groups excluding carboxylic acids is 1. The molecule has 0 aliphatic carbocycles. The Hall–Kier alpha value is -2.49. The van der Waals surface area contributed by atoms with Crippen LogP contribution in [0.2, 0.25) is 0 Å². The van der Waals surface area contributed by atoms with Crippen molar-refractivity contribution in [3.63, 3.8) is 0 Å². The summed E-state index contributed by atoms with van der Waals surface area (Å²) in [5.41, 5.74) is 1.99. The van der Waals surface area contributed by atoms with Crippen LogP contribution in [0, 0.1) is 6.92 Å². The van der Waals surface area contributed by atoms with Crippen molar-refractivity contribution >= 4 is 50.3 Å². The third-order valence-corrected chi connectivity index (χ3v) is 8.59. The molecule has 4 rings (SSSR count). The highest BCUT2D eigenvalue weighted by Gasteiger charge is 2.40. The molecule has 0 spiro atoms. The van der Waals surface area contributed by atoms with E-state index in [0.717, 1.165) is 32.9 Å². The Kier molecular flexibility index (Phi) is 6.00. The number of fused-ring (bicyclic) bond motifs is 1. The topological polar surface area (TPSA) is 70.1 Å². The molecular formula is C22H21N3O3S3. The summed E-state index contributed by atoms with van der Waals surface area (Å²) >= 11 is 2.61. The van der Waals surface area contributed by atoms with Crippen LogP contribution in [0.25, 0.3) is 0 Å². The molecule has 2 aromatic rings. The fraction of sp³-hybridized carbons (Fsp3) is 0.182. The molecule has 6 nitrogen and oxygen atoms in total. The molecule has 31 heavy (non-hydrogen) atoms. The van der Waals surface area contributed by atoms with Crippen molar-refractivity contribution in [3.8, 4) is 0 Å². The third kappa shape index (κ3) is 4.05. The minimum absolute atomic E-state index is 0.0936. The largest absolute Gasteiger partial charge is 0.334 e. The van der Waals surface area contributed by atoms with E-state index in [1.54, 1.807) is 18.2 Å². The van der Waals surface area contributed by atoms with E-state index in [2.05, 4.69) is 15.9 Å². The minimum Gasteiger partial charge on any atom is -0.334 e. The Bertz CT molecular complexity index is 1220. The van der Waals surface area contributed by atoms with Crippen LogP contribution in [-0.4, -0.2) is 37.5 Å². The second-order valence-electron chi connectivity index (χ2n) is 6.92. The SMILES string of the molecule is C=CCN1C(=O)C(=C2Sc3ccccc3N2CC)SC1=NS(=O)(=O)c1ccc(C)cc1. The number of nitrogens with zero attached hydrogens (tertiary/aromatic N) is 3. The zero-order valence-electron chi connectivity index (χ0n) is 17.1. The predicted molar refractivity (Wildman–Crippen MR) is 128 cm³/mol. The number of benzene rings is 2. The third-order valence-electron chi connectivity index (χ3n) is 4.81. The van der Waals surface area contributed by atoms with Gasteiger partial charge in [0.15, 0.2) is 5.17 Å². The van der Waals surface area contributed by atoms with Crippen LogP contribution < -0.4 is 4.90 Å². The molecule has 2 heterocycles. The minimum atomic E-state index is -3.96. The first-order valence-electron chi connectivity index (χ1n) is 9.66. The van der Waals surface area contributed by atoms with Crippen molar-refractivity contribution in [1.29, 1.82) is 0 Å². The van der Waals surface area contributed by atoms with Crippen LogP contribution in [0.5, 0.6) is 0 Å². The number of aryl methyl sites for hydroxylation is 1. The number of hydrogen-bond acceptors (Lipinski definition) is 6. The van der Waals surface area contributed by atoms with Gasteiger partial charge in [0, 0.05) is 18.0 Å². The molecule has 9 heteroatoms. The van der Waals surface area contributed by atoms with Crippen LogP contribution in [0.3, 0.4) is 0 Å². The van der Waals surface area contributed by atoms with Crippen molar-refractivity contribution in [2.45, 2.75) is 23.6 Å². The van der Waals surface area contributed by atoms with Gasteiger partial charge in [0.2, 0.25) is 0 Å². The monoisotopic (exact) mass is 471 g/mol. The summed E-state index contributed by atoms with van der Waals surface area (Å²) in [6, 6.07) is 14.4. The number of anilines is 1. The van der Waals surface area contributed by atoms with Crippen molar-refractivity contribution in [2.24, 2.45) is 4.40 Å². The number of rotatable bonds is 5. The number of thioether (sulfide) groups is 2. The Morgan fingerprint density at radius 2 is 1.77 bits per heavy atom. The fourth-order valence-electron chi connectivity index (χ4n) is 3.28. The quantitative estimate of drug-likeness (QED) is 0.469. The van der Waals surface area contributed by atoms with E-state index in [0.29, 0.717) is 11.4 Å². The van der Waals surface area contributed by atoms with Crippen molar-refractivity contribution in [1.82, 2.24) is 4.90 Å². The van der Waals surface area contributed by atoms with Crippen LogP contribution >= 0.6 is 23.5 Å². The van der Waals surface area contributed by atoms with Crippen molar-refractivity contribution < 1.29 is 13.2 Å². The normalized spacial score (nSPS) is 19.9. The molecule has 0 saturated carbocycles. The lowest BCUT2D eigenvalue weighted by atomic mass is 10.2. The summed E-state index contributed by atoms with van der Waals surface area (Å²) in [5.74, 6) is -0.267. The van der Waals surface area contributed by atoms with E-state index in [1.807, 2.05) is 38.1 Å². The molecule has 0 N–H and O–H groups in total. The zero-order valence-corrected chi connectivity index (χ0v) is 19.6. The van der Waals surface area contributed by atoms with Gasteiger partial charge in [-0.3, -0.25) is 9.69 Å². The molecule has 2 aliphatic rings. The molecule has 2 aromatic carbocycles. The summed E-state index contributed by atoms with van der Waals surface area (Å²) in [7, 11) is -3.96. The lowest BCUT2D eigenvalue weighted by Gasteiger charge is -2.19. The second-order valence-corrected chi connectivity index (χ2v) is 10.5. The van der Waals surface area contributed by atoms with Gasteiger partial charge in [-0.25, -0.2) is 0 Å². The highest BCUT2D eigenvalue weighted by Crippen LogP contribution is 2.50. The van der Waals surface area contributed by atoms with E-state index < -0.39 is 10.0 Å². The maximum atomic E-state index is 13.3. The molecule has 1 amide bonds. The Balaban J connectivity index is 1.77. The summed E-state index contributed by atoms with van der Waals surface area (Å²) in [5, 5.41) is 0.936. The molecule has 160 valence electrons. The highest BCUT2D eigenvalue weighted by molar-refractivity contribution is 8.19. The van der Waals surface area contributed by atoms with Gasteiger partial charge in [0.25, 0.3) is 15.9 Å². The number of amidine groups is 1. The Morgan fingerprint density at radius 1 is 1.06 bits per heavy atom. The van der Waals surface area contributed by atoms with Crippen LogP contribution in [0.1, 0.15) is 12.5 Å². The van der Waals surface area contributed by atoms with Crippen molar-refractivity contribution in [2.75, 3.05) is 18.0 Å². The standard InChI is InChI=1S/C22H21N3O3S3/c1-4-14-25-20(26)19(21-24(5-2)17-8-6-7-9-18(17)29-21)30-22(25)23-31(27,28)16-12-10-15(3)11-13-16/h4,6-13H,1,5,14H2,2-3H3. The smallest absolute Gasteiger partial charge is 0.284 e. The van der Waals surface area contributed by atoms with E-state index in [4.69, 9.17) is 0 Å². The lowest BCUT2D eigenvalue weighted by Crippen LogP contribution is -2.30. The lowest BCUT2D eigenvalue weighted by molar-refractivity contribution is -0.121. The maximum Gasteiger partial charge on any atom is 0.284 e. The highest BCUT2D eigenvalue weighted by atomic mass is 32.2. The number of amides is 1. The van der Waals surface area contributed by atoms with Gasteiger partial charge < -0.3 is 4.90 Å². The maximum absolute atomic E-state index is 13.3. The van der Waals surface area contributed by atoms with Crippen LogP contribution in [0.4, 0.5) is 5.69 Å². The van der Waals surface area contributed by atoms with E-state index in [9.17, 15) is 13.2 Å². The molecule has 1 saturated heterocycles. The number of hydrogen-bond donors (Lipinski definition) is 0. The van der Waals surface area contributed by atoms with Crippen LogP contribution in [0.15, 0.2) is 85.3 Å². The van der Waals surface area contributed by atoms with E-state index in [1.165, 1.54) is 28.8 Å². The number of carbonyl (C=O) groups is 1. The molecule has 2 aliphatic heterocycles. The fourth-order valence-corrected chi connectivity index (χ4v) is 6.86. The summed E-state index contributed by atoms with van der Waals surface area (Å²) in [6.07, 6.45) is 1.56. The molecule has 0 unspecified atom stereocenters. The number of sulfonamides is 1. The van der Waals surface area contributed by atoms with E-state index in [-0.39, 0.29) is 22.5 Å². The average molecular weight is 472 g/mol. The van der Waals surface area contributed by atoms with Gasteiger partial charge in [0.05, 0.1) is 10.6 Å². The van der Waals surface area contributed by atoms with Gasteiger partial charge in [-0.2, -0.15) is 8.42 Å². The van der Waals surface area contributed by atoms with Gasteiger partial charge >= 0.3 is 0 Å².